The zero-order valence-electron chi connectivity index (χ0n) is 14.3. The van der Waals surface area contributed by atoms with Crippen LogP contribution in [-0.2, 0) is 11.4 Å². The number of carbonyl (C=O) groups excluding carboxylic acids is 1. The maximum Gasteiger partial charge on any atom is 0.247 e. The van der Waals surface area contributed by atoms with Gasteiger partial charge >= 0.3 is 0 Å². The van der Waals surface area contributed by atoms with Crippen LogP contribution >= 0.6 is 0 Å². The third-order valence-electron chi connectivity index (χ3n) is 3.56. The minimum atomic E-state index is -0.0656. The molecule has 0 spiro atoms. The summed E-state index contributed by atoms with van der Waals surface area (Å²) in [5.41, 5.74) is 2.07. The topological polar surface area (TPSA) is 29.5 Å². The minimum Gasteiger partial charge on any atom is -0.489 e. The van der Waals surface area contributed by atoms with Gasteiger partial charge in [-0.1, -0.05) is 54.6 Å². The smallest absolute Gasteiger partial charge is 0.247 e. The lowest BCUT2D eigenvalue weighted by atomic mass is 10.2. The van der Waals surface area contributed by atoms with Crippen molar-refractivity contribution >= 4 is 12.0 Å². The highest BCUT2D eigenvalue weighted by molar-refractivity contribution is 5.92. The van der Waals surface area contributed by atoms with E-state index in [0.717, 1.165) is 16.9 Å². The third-order valence-corrected chi connectivity index (χ3v) is 3.56. The molecule has 0 atom stereocenters. The quantitative estimate of drug-likeness (QED) is 0.500. The van der Waals surface area contributed by atoms with Crippen LogP contribution in [0.1, 0.15) is 11.1 Å². The maximum absolute atomic E-state index is 12.1. The molecule has 25 heavy (non-hydrogen) atoms. The van der Waals surface area contributed by atoms with E-state index in [2.05, 4.69) is 13.2 Å². The van der Waals surface area contributed by atoms with Crippen LogP contribution in [0.4, 0.5) is 0 Å². The van der Waals surface area contributed by atoms with Crippen molar-refractivity contribution in [3.05, 3.63) is 97.1 Å². The van der Waals surface area contributed by atoms with Gasteiger partial charge in [0, 0.05) is 19.2 Å². The Morgan fingerprint density at radius 1 is 0.960 bits per heavy atom. The number of ether oxygens (including phenoxy) is 1. The fourth-order valence-electron chi connectivity index (χ4n) is 2.26. The molecule has 0 fully saturated rings. The molecule has 0 aliphatic rings. The molecule has 2 aromatic carbocycles. The molecule has 0 unspecified atom stereocenters. The molecular formula is C22H23NO2. The van der Waals surface area contributed by atoms with Crippen molar-refractivity contribution in [3.63, 3.8) is 0 Å². The van der Waals surface area contributed by atoms with Crippen LogP contribution in [-0.4, -0.2) is 23.9 Å². The average Bonchev–Trinajstić information content (AvgIpc) is 2.66. The fourth-order valence-corrected chi connectivity index (χ4v) is 2.26. The van der Waals surface area contributed by atoms with Crippen LogP contribution in [0.15, 0.2) is 86.0 Å². The highest BCUT2D eigenvalue weighted by Gasteiger charge is 2.06. The summed E-state index contributed by atoms with van der Waals surface area (Å²) >= 11 is 0. The molecule has 0 bridgehead atoms. The molecule has 0 saturated carbocycles. The molecule has 0 aliphatic heterocycles. The third kappa shape index (κ3) is 6.15. The molecule has 3 heteroatoms. The standard InChI is InChI=1S/C22H23NO2/c1-3-16-23(17-4-2)22(24)15-12-19-10-13-21(14-11-19)25-18-20-8-6-5-7-9-20/h3-15H,1-2,16-18H2/b15-12+. The summed E-state index contributed by atoms with van der Waals surface area (Å²) in [7, 11) is 0. The van der Waals surface area contributed by atoms with Gasteiger partial charge < -0.3 is 9.64 Å². The molecule has 128 valence electrons. The molecule has 0 aromatic heterocycles. The van der Waals surface area contributed by atoms with E-state index in [4.69, 9.17) is 4.74 Å². The lowest BCUT2D eigenvalue weighted by Gasteiger charge is -2.16. The van der Waals surface area contributed by atoms with Crippen LogP contribution in [0.2, 0.25) is 0 Å². The molecule has 1 amide bonds. The summed E-state index contributed by atoms with van der Waals surface area (Å²) in [6.45, 7) is 8.87. The van der Waals surface area contributed by atoms with Crippen LogP contribution < -0.4 is 4.74 Å². The zero-order chi connectivity index (χ0) is 17.9. The van der Waals surface area contributed by atoms with Gasteiger partial charge in [0.25, 0.3) is 0 Å². The summed E-state index contributed by atoms with van der Waals surface area (Å²) in [5.74, 6) is 0.733. The Bertz CT molecular complexity index is 707. The van der Waals surface area contributed by atoms with Gasteiger partial charge in [-0.05, 0) is 29.3 Å². The Labute approximate surface area is 149 Å². The lowest BCUT2D eigenvalue weighted by Crippen LogP contribution is -2.29. The highest BCUT2D eigenvalue weighted by atomic mass is 16.5. The Balaban J connectivity index is 1.91. The number of carbonyl (C=O) groups is 1. The number of hydrogen-bond donors (Lipinski definition) is 0. The summed E-state index contributed by atoms with van der Waals surface area (Å²) in [6.07, 6.45) is 6.76. The zero-order valence-corrected chi connectivity index (χ0v) is 14.3. The van der Waals surface area contributed by atoms with E-state index in [0.29, 0.717) is 19.7 Å². The Morgan fingerprint density at radius 2 is 1.60 bits per heavy atom. The molecule has 0 heterocycles. The second kappa shape index (κ2) is 9.93. The van der Waals surface area contributed by atoms with E-state index in [9.17, 15) is 4.79 Å². The first-order valence-electron chi connectivity index (χ1n) is 8.18. The van der Waals surface area contributed by atoms with Gasteiger partial charge in [-0.2, -0.15) is 0 Å². The van der Waals surface area contributed by atoms with Crippen molar-refractivity contribution in [1.29, 1.82) is 0 Å². The van der Waals surface area contributed by atoms with Crippen LogP contribution in [0.25, 0.3) is 6.08 Å². The fraction of sp³-hybridized carbons (Fsp3) is 0.136. The summed E-state index contributed by atoms with van der Waals surface area (Å²) in [4.78, 5) is 13.8. The molecular weight excluding hydrogens is 310 g/mol. The van der Waals surface area contributed by atoms with Gasteiger partial charge in [-0.15, -0.1) is 13.2 Å². The number of rotatable bonds is 9. The molecule has 0 aliphatic carbocycles. The number of benzene rings is 2. The van der Waals surface area contributed by atoms with E-state index >= 15 is 0 Å². The van der Waals surface area contributed by atoms with Gasteiger partial charge in [0.05, 0.1) is 0 Å². The maximum atomic E-state index is 12.1. The summed E-state index contributed by atoms with van der Waals surface area (Å²) in [5, 5.41) is 0. The van der Waals surface area contributed by atoms with Crippen molar-refractivity contribution in [2.24, 2.45) is 0 Å². The number of amides is 1. The molecule has 3 nitrogen and oxygen atoms in total. The monoisotopic (exact) mass is 333 g/mol. The molecule has 0 radical (unpaired) electrons. The van der Waals surface area contributed by atoms with Crippen molar-refractivity contribution in [2.45, 2.75) is 6.61 Å². The van der Waals surface area contributed by atoms with Crippen LogP contribution in [0.3, 0.4) is 0 Å². The van der Waals surface area contributed by atoms with Crippen molar-refractivity contribution in [3.8, 4) is 5.75 Å². The predicted molar refractivity (Wildman–Crippen MR) is 103 cm³/mol. The Hall–Kier alpha value is -3.07. The van der Waals surface area contributed by atoms with Gasteiger partial charge in [0.2, 0.25) is 5.91 Å². The van der Waals surface area contributed by atoms with Gasteiger partial charge in [-0.3, -0.25) is 4.79 Å². The van der Waals surface area contributed by atoms with Crippen LogP contribution in [0, 0.1) is 0 Å². The predicted octanol–water partition coefficient (Wildman–Crippen LogP) is 4.48. The highest BCUT2D eigenvalue weighted by Crippen LogP contribution is 2.15. The molecule has 0 saturated heterocycles. The second-order valence-corrected chi connectivity index (χ2v) is 5.50. The second-order valence-electron chi connectivity index (χ2n) is 5.50. The molecule has 2 rings (SSSR count). The first-order valence-corrected chi connectivity index (χ1v) is 8.18. The van der Waals surface area contributed by atoms with E-state index in [-0.39, 0.29) is 5.91 Å². The van der Waals surface area contributed by atoms with E-state index in [1.165, 1.54) is 0 Å². The minimum absolute atomic E-state index is 0.0656. The molecule has 2 aromatic rings. The number of nitrogens with zero attached hydrogens (tertiary/aromatic N) is 1. The Kier molecular flexibility index (Phi) is 7.26. The summed E-state index contributed by atoms with van der Waals surface area (Å²) < 4.78 is 5.75. The average molecular weight is 333 g/mol. The van der Waals surface area contributed by atoms with E-state index in [1.807, 2.05) is 54.6 Å². The summed E-state index contributed by atoms with van der Waals surface area (Å²) in [6, 6.07) is 17.7. The van der Waals surface area contributed by atoms with E-state index < -0.39 is 0 Å². The first-order chi connectivity index (χ1) is 12.2. The van der Waals surface area contributed by atoms with Gasteiger partial charge in [0.15, 0.2) is 0 Å². The van der Waals surface area contributed by atoms with E-state index in [1.54, 1.807) is 29.2 Å². The van der Waals surface area contributed by atoms with Crippen molar-refractivity contribution in [1.82, 2.24) is 4.90 Å². The van der Waals surface area contributed by atoms with Gasteiger partial charge in [-0.25, -0.2) is 0 Å². The van der Waals surface area contributed by atoms with Crippen molar-refractivity contribution < 1.29 is 9.53 Å². The number of hydrogen-bond acceptors (Lipinski definition) is 2. The lowest BCUT2D eigenvalue weighted by molar-refractivity contribution is -0.124. The first kappa shape index (κ1) is 18.3. The SMILES string of the molecule is C=CCN(CC=C)C(=O)/C=C/c1ccc(OCc2ccccc2)cc1. The van der Waals surface area contributed by atoms with Crippen LogP contribution in [0.5, 0.6) is 5.75 Å². The normalized spacial score (nSPS) is 10.4. The Morgan fingerprint density at radius 3 is 2.20 bits per heavy atom. The largest absolute Gasteiger partial charge is 0.489 e. The van der Waals surface area contributed by atoms with Gasteiger partial charge in [0.1, 0.15) is 12.4 Å². The van der Waals surface area contributed by atoms with Crippen molar-refractivity contribution in [2.75, 3.05) is 13.1 Å². The molecule has 0 N–H and O–H groups in total.